The first kappa shape index (κ1) is 20.9. The van der Waals surface area contributed by atoms with Crippen molar-refractivity contribution in [3.05, 3.63) is 88.8 Å². The molecule has 1 fully saturated rings. The van der Waals surface area contributed by atoms with Crippen LogP contribution in [0.5, 0.6) is 0 Å². The summed E-state index contributed by atoms with van der Waals surface area (Å²) in [6.45, 7) is 4.34. The Kier molecular flexibility index (Phi) is 6.03. The van der Waals surface area contributed by atoms with Gasteiger partial charge in [0.05, 0.1) is 12.4 Å². The highest BCUT2D eigenvalue weighted by atomic mass is 35.5. The molecule has 0 aliphatic carbocycles. The molecule has 3 heterocycles. The average Bonchev–Trinajstić information content (AvgIpc) is 3.17. The van der Waals surface area contributed by atoms with Crippen molar-refractivity contribution in [2.24, 2.45) is 0 Å². The van der Waals surface area contributed by atoms with Crippen molar-refractivity contribution in [1.82, 2.24) is 24.2 Å². The summed E-state index contributed by atoms with van der Waals surface area (Å²) in [6, 6.07) is 23.9. The molecule has 0 bridgehead atoms. The van der Waals surface area contributed by atoms with Gasteiger partial charge in [-0.15, -0.1) is 5.10 Å². The van der Waals surface area contributed by atoms with Gasteiger partial charge in [0.2, 0.25) is 4.77 Å². The Hall–Kier alpha value is -3.00. The van der Waals surface area contributed by atoms with Crippen LogP contribution < -0.4 is 4.90 Å². The third kappa shape index (κ3) is 4.32. The van der Waals surface area contributed by atoms with Gasteiger partial charge in [-0.1, -0.05) is 48.0 Å². The summed E-state index contributed by atoms with van der Waals surface area (Å²) in [5, 5.41) is 5.62. The van der Waals surface area contributed by atoms with E-state index >= 15 is 0 Å². The summed E-state index contributed by atoms with van der Waals surface area (Å²) < 4.78 is 4.60. The number of rotatable bonds is 5. The molecule has 32 heavy (non-hydrogen) atoms. The second-order valence-corrected chi connectivity index (χ2v) is 8.52. The summed E-state index contributed by atoms with van der Waals surface area (Å²) in [5.41, 5.74) is 1.97. The Morgan fingerprint density at radius 1 is 0.844 bits per heavy atom. The van der Waals surface area contributed by atoms with E-state index in [-0.39, 0.29) is 0 Å². The summed E-state index contributed by atoms with van der Waals surface area (Å²) in [4.78, 5) is 9.17. The standard InChI is InChI=1S/C24H23ClN6S/c25-20-9-11-21(12-10-20)31-23(19-6-2-1-3-7-19)27-30(24(31)32)18-28-14-16-29(17-15-28)22-8-4-5-13-26-22/h1-13H,14-18H2. The number of piperazine rings is 1. The molecule has 6 nitrogen and oxygen atoms in total. The summed E-state index contributed by atoms with van der Waals surface area (Å²) >= 11 is 12.0. The van der Waals surface area contributed by atoms with Gasteiger partial charge in [-0.3, -0.25) is 9.47 Å². The second kappa shape index (κ2) is 9.24. The van der Waals surface area contributed by atoms with Crippen LogP contribution in [0.1, 0.15) is 0 Å². The Bertz CT molecular complexity index is 1230. The highest BCUT2D eigenvalue weighted by molar-refractivity contribution is 7.71. The van der Waals surface area contributed by atoms with Gasteiger partial charge in [-0.25, -0.2) is 9.67 Å². The third-order valence-corrected chi connectivity index (χ3v) is 6.28. The molecule has 8 heteroatoms. The molecule has 1 saturated heterocycles. The van der Waals surface area contributed by atoms with E-state index in [4.69, 9.17) is 28.9 Å². The first-order chi connectivity index (χ1) is 15.7. The Labute approximate surface area is 197 Å². The van der Waals surface area contributed by atoms with Crippen LogP contribution in [-0.4, -0.2) is 50.4 Å². The van der Waals surface area contributed by atoms with Gasteiger partial charge in [0, 0.05) is 43.0 Å². The zero-order valence-electron chi connectivity index (χ0n) is 17.5. The smallest absolute Gasteiger partial charge is 0.204 e. The van der Waals surface area contributed by atoms with Gasteiger partial charge < -0.3 is 4.90 Å². The van der Waals surface area contributed by atoms with Crippen LogP contribution in [0.2, 0.25) is 5.02 Å². The number of halogens is 1. The van der Waals surface area contributed by atoms with Crippen molar-refractivity contribution in [2.75, 3.05) is 31.1 Å². The van der Waals surface area contributed by atoms with Crippen molar-refractivity contribution in [2.45, 2.75) is 6.67 Å². The van der Waals surface area contributed by atoms with Gasteiger partial charge >= 0.3 is 0 Å². The lowest BCUT2D eigenvalue weighted by Gasteiger charge is -2.35. The molecule has 1 aliphatic heterocycles. The molecule has 4 aromatic rings. The highest BCUT2D eigenvalue weighted by Crippen LogP contribution is 2.24. The maximum absolute atomic E-state index is 6.11. The number of benzene rings is 2. The molecule has 0 unspecified atom stereocenters. The molecule has 0 amide bonds. The number of aromatic nitrogens is 4. The molecule has 162 valence electrons. The van der Waals surface area contributed by atoms with Crippen molar-refractivity contribution in [3.63, 3.8) is 0 Å². The van der Waals surface area contributed by atoms with E-state index in [2.05, 4.69) is 33.0 Å². The molecular weight excluding hydrogens is 440 g/mol. The first-order valence-electron chi connectivity index (χ1n) is 10.6. The van der Waals surface area contributed by atoms with Crippen LogP contribution in [0.4, 0.5) is 5.82 Å². The average molecular weight is 463 g/mol. The van der Waals surface area contributed by atoms with Gasteiger partial charge in [-0.05, 0) is 48.6 Å². The lowest BCUT2D eigenvalue weighted by atomic mass is 10.2. The lowest BCUT2D eigenvalue weighted by molar-refractivity contribution is 0.194. The van der Waals surface area contributed by atoms with Gasteiger partial charge in [0.15, 0.2) is 5.82 Å². The molecule has 0 spiro atoms. The van der Waals surface area contributed by atoms with E-state index in [0.29, 0.717) is 16.5 Å². The van der Waals surface area contributed by atoms with Gasteiger partial charge in [0.1, 0.15) is 5.82 Å². The molecule has 0 saturated carbocycles. The molecule has 5 rings (SSSR count). The predicted molar refractivity (Wildman–Crippen MR) is 131 cm³/mol. The molecular formula is C24H23ClN6S. The number of hydrogen-bond acceptors (Lipinski definition) is 5. The van der Waals surface area contributed by atoms with Crippen LogP contribution in [0.3, 0.4) is 0 Å². The Morgan fingerprint density at radius 2 is 1.56 bits per heavy atom. The zero-order chi connectivity index (χ0) is 21.9. The minimum absolute atomic E-state index is 0.648. The quantitative estimate of drug-likeness (QED) is 0.395. The third-order valence-electron chi connectivity index (χ3n) is 5.64. The van der Waals surface area contributed by atoms with E-state index in [9.17, 15) is 0 Å². The minimum atomic E-state index is 0.648. The number of anilines is 1. The monoisotopic (exact) mass is 462 g/mol. The number of hydrogen-bond donors (Lipinski definition) is 0. The zero-order valence-corrected chi connectivity index (χ0v) is 19.1. The molecule has 0 radical (unpaired) electrons. The molecule has 1 aliphatic rings. The maximum Gasteiger partial charge on any atom is 0.204 e. The predicted octanol–water partition coefficient (Wildman–Crippen LogP) is 4.90. The maximum atomic E-state index is 6.11. The van der Waals surface area contributed by atoms with Crippen molar-refractivity contribution >= 4 is 29.6 Å². The van der Waals surface area contributed by atoms with E-state index in [1.54, 1.807) is 0 Å². The first-order valence-corrected chi connectivity index (χ1v) is 11.4. The van der Waals surface area contributed by atoms with Crippen molar-refractivity contribution in [3.8, 4) is 17.1 Å². The molecule has 0 N–H and O–H groups in total. The number of pyridine rings is 1. The molecule has 0 atom stereocenters. The second-order valence-electron chi connectivity index (χ2n) is 7.72. The SMILES string of the molecule is S=c1n(CN2CCN(c3ccccn3)CC2)nc(-c2ccccc2)n1-c1ccc(Cl)cc1. The van der Waals surface area contributed by atoms with Crippen LogP contribution in [0, 0.1) is 4.77 Å². The van der Waals surface area contributed by atoms with E-state index < -0.39 is 0 Å². The Balaban J connectivity index is 1.41. The van der Waals surface area contributed by atoms with E-state index in [0.717, 1.165) is 49.1 Å². The summed E-state index contributed by atoms with van der Waals surface area (Å²) in [6.07, 6.45) is 1.84. The fourth-order valence-electron chi connectivity index (χ4n) is 3.95. The number of nitrogens with zero attached hydrogens (tertiary/aromatic N) is 6. The normalized spacial score (nSPS) is 14.6. The van der Waals surface area contributed by atoms with Crippen LogP contribution in [0.25, 0.3) is 17.1 Å². The van der Waals surface area contributed by atoms with E-state index in [1.807, 2.05) is 70.0 Å². The summed E-state index contributed by atoms with van der Waals surface area (Å²) in [5.74, 6) is 1.85. The topological polar surface area (TPSA) is 42.1 Å². The summed E-state index contributed by atoms with van der Waals surface area (Å²) in [7, 11) is 0. The van der Waals surface area contributed by atoms with Gasteiger partial charge in [0.25, 0.3) is 0 Å². The van der Waals surface area contributed by atoms with Crippen molar-refractivity contribution in [1.29, 1.82) is 0 Å². The van der Waals surface area contributed by atoms with Crippen LogP contribution in [-0.2, 0) is 6.67 Å². The minimum Gasteiger partial charge on any atom is -0.354 e. The fraction of sp³-hybridized carbons (Fsp3) is 0.208. The molecule has 2 aromatic heterocycles. The fourth-order valence-corrected chi connectivity index (χ4v) is 4.36. The van der Waals surface area contributed by atoms with Crippen molar-refractivity contribution < 1.29 is 0 Å². The van der Waals surface area contributed by atoms with E-state index in [1.165, 1.54) is 0 Å². The largest absolute Gasteiger partial charge is 0.354 e. The highest BCUT2D eigenvalue weighted by Gasteiger charge is 2.20. The van der Waals surface area contributed by atoms with Crippen LogP contribution in [0.15, 0.2) is 79.0 Å². The molecule has 2 aromatic carbocycles. The Morgan fingerprint density at radius 3 is 2.25 bits per heavy atom. The van der Waals surface area contributed by atoms with Crippen LogP contribution >= 0.6 is 23.8 Å². The van der Waals surface area contributed by atoms with Gasteiger partial charge in [-0.2, -0.15) is 0 Å². The lowest BCUT2D eigenvalue weighted by Crippen LogP contribution is -2.47.